The van der Waals surface area contributed by atoms with Crippen LogP contribution in [0.2, 0.25) is 0 Å². The van der Waals surface area contributed by atoms with Gasteiger partial charge in [0.05, 0.1) is 18.0 Å². The van der Waals surface area contributed by atoms with Crippen LogP contribution in [0.3, 0.4) is 0 Å². The number of nitrogens with zero attached hydrogens (tertiary/aromatic N) is 2. The van der Waals surface area contributed by atoms with Crippen LogP contribution in [-0.4, -0.2) is 33.7 Å². The average molecular weight is 473 g/mol. The highest BCUT2D eigenvalue weighted by Gasteiger charge is 2.13. The number of amides is 2. The van der Waals surface area contributed by atoms with Gasteiger partial charge in [-0.05, 0) is 49.4 Å². The molecule has 2 amide bonds. The van der Waals surface area contributed by atoms with Gasteiger partial charge in [0.1, 0.15) is 5.75 Å². The molecule has 2 N–H and O–H groups in total. The van der Waals surface area contributed by atoms with Crippen LogP contribution < -0.4 is 15.4 Å². The molecule has 4 aromatic rings. The maximum absolute atomic E-state index is 12.7. The molecule has 0 aliphatic rings. The van der Waals surface area contributed by atoms with E-state index in [4.69, 9.17) is 4.74 Å². The summed E-state index contributed by atoms with van der Waals surface area (Å²) < 4.78 is 7.42. The Morgan fingerprint density at radius 2 is 1.76 bits per heavy atom. The van der Waals surface area contributed by atoms with Crippen molar-refractivity contribution in [3.63, 3.8) is 0 Å². The highest BCUT2D eigenvalue weighted by Crippen LogP contribution is 2.25. The summed E-state index contributed by atoms with van der Waals surface area (Å²) in [6.07, 6.45) is 3.47. The maximum atomic E-state index is 12.7. The summed E-state index contributed by atoms with van der Waals surface area (Å²) in [5, 5.41) is 6.43. The molecule has 0 aliphatic heterocycles. The van der Waals surface area contributed by atoms with E-state index in [-0.39, 0.29) is 17.6 Å². The Morgan fingerprint density at radius 3 is 2.59 bits per heavy atom. The monoisotopic (exact) mass is 472 g/mol. The molecule has 8 heteroatoms. The van der Waals surface area contributed by atoms with Gasteiger partial charge in [0.15, 0.2) is 5.16 Å². The number of imidazole rings is 1. The number of para-hydroxylation sites is 3. The summed E-state index contributed by atoms with van der Waals surface area (Å²) in [5.74, 6) is 0.443. The number of carbonyl (C=O) groups excluding carboxylic acids is 2. The number of hydrogen-bond donors (Lipinski definition) is 2. The standard InChI is InChI=1S/C26H24N4O3S/c1-2-33-23-14-7-6-13-22(23)29-24(31)18-34-26-27-15-16-30(26)21-12-8-9-19(17-21)25(32)28-20-10-4-3-5-11-20/h3-17H,2,18H2,1H3,(H,28,32)(H,29,31). The van der Waals surface area contributed by atoms with E-state index in [1.807, 2.05) is 72.2 Å². The van der Waals surface area contributed by atoms with Crippen molar-refractivity contribution in [3.05, 3.63) is 96.8 Å². The summed E-state index contributed by atoms with van der Waals surface area (Å²) in [6.45, 7) is 2.41. The maximum Gasteiger partial charge on any atom is 0.255 e. The van der Waals surface area contributed by atoms with Crippen LogP contribution in [0.25, 0.3) is 5.69 Å². The molecule has 172 valence electrons. The third kappa shape index (κ3) is 5.85. The number of ether oxygens (including phenoxy) is 1. The van der Waals surface area contributed by atoms with Gasteiger partial charge in [-0.25, -0.2) is 4.98 Å². The van der Waals surface area contributed by atoms with Crippen molar-refractivity contribution in [2.24, 2.45) is 0 Å². The molecule has 0 bridgehead atoms. The summed E-state index contributed by atoms with van der Waals surface area (Å²) in [6, 6.07) is 23.9. The van der Waals surface area contributed by atoms with E-state index in [0.29, 0.717) is 28.8 Å². The lowest BCUT2D eigenvalue weighted by molar-refractivity contribution is -0.113. The predicted octanol–water partition coefficient (Wildman–Crippen LogP) is 5.25. The average Bonchev–Trinajstić information content (AvgIpc) is 3.34. The Morgan fingerprint density at radius 1 is 0.971 bits per heavy atom. The molecular formula is C26H24N4O3S. The number of anilines is 2. The molecule has 4 rings (SSSR count). The second-order valence-electron chi connectivity index (χ2n) is 7.22. The van der Waals surface area contributed by atoms with E-state index < -0.39 is 0 Å². The molecule has 0 fully saturated rings. The molecule has 0 radical (unpaired) electrons. The predicted molar refractivity (Wildman–Crippen MR) is 135 cm³/mol. The van der Waals surface area contributed by atoms with Crippen LogP contribution in [0.1, 0.15) is 17.3 Å². The fourth-order valence-corrected chi connectivity index (χ4v) is 4.06. The van der Waals surface area contributed by atoms with Gasteiger partial charge in [-0.1, -0.05) is 48.2 Å². The van der Waals surface area contributed by atoms with Crippen molar-refractivity contribution in [1.82, 2.24) is 9.55 Å². The van der Waals surface area contributed by atoms with Gasteiger partial charge in [0.2, 0.25) is 5.91 Å². The highest BCUT2D eigenvalue weighted by molar-refractivity contribution is 7.99. The van der Waals surface area contributed by atoms with E-state index in [2.05, 4.69) is 15.6 Å². The van der Waals surface area contributed by atoms with E-state index >= 15 is 0 Å². The number of rotatable bonds is 9. The van der Waals surface area contributed by atoms with Crippen molar-refractivity contribution in [2.45, 2.75) is 12.1 Å². The minimum atomic E-state index is -0.199. The SMILES string of the molecule is CCOc1ccccc1NC(=O)CSc1nccn1-c1cccc(C(=O)Nc2ccccc2)c1. The Labute approximate surface area is 202 Å². The molecule has 0 atom stereocenters. The van der Waals surface area contributed by atoms with Crippen LogP contribution in [0, 0.1) is 0 Å². The van der Waals surface area contributed by atoms with Crippen molar-refractivity contribution in [1.29, 1.82) is 0 Å². The largest absolute Gasteiger partial charge is 0.492 e. The van der Waals surface area contributed by atoms with Crippen molar-refractivity contribution >= 4 is 35.0 Å². The lowest BCUT2D eigenvalue weighted by Crippen LogP contribution is -2.15. The van der Waals surface area contributed by atoms with Gasteiger partial charge in [0, 0.05) is 29.3 Å². The fraction of sp³-hybridized carbons (Fsp3) is 0.115. The smallest absolute Gasteiger partial charge is 0.255 e. The fourth-order valence-electron chi connectivity index (χ4n) is 3.28. The molecule has 3 aromatic carbocycles. The first kappa shape index (κ1) is 23.1. The minimum absolute atomic E-state index is 0.164. The summed E-state index contributed by atoms with van der Waals surface area (Å²) in [5.41, 5.74) is 2.67. The number of thioether (sulfide) groups is 1. The van der Waals surface area contributed by atoms with Crippen molar-refractivity contribution in [2.75, 3.05) is 23.0 Å². The van der Waals surface area contributed by atoms with Crippen LogP contribution in [0.15, 0.2) is 96.4 Å². The van der Waals surface area contributed by atoms with Gasteiger partial charge in [-0.2, -0.15) is 0 Å². The Balaban J connectivity index is 1.42. The second-order valence-corrected chi connectivity index (χ2v) is 8.16. The zero-order valence-electron chi connectivity index (χ0n) is 18.6. The normalized spacial score (nSPS) is 10.5. The Hall–Kier alpha value is -4.04. The highest BCUT2D eigenvalue weighted by atomic mass is 32.2. The molecule has 1 heterocycles. The van der Waals surface area contributed by atoms with E-state index in [1.165, 1.54) is 11.8 Å². The summed E-state index contributed by atoms with van der Waals surface area (Å²) in [4.78, 5) is 29.6. The molecule has 0 spiro atoms. The first-order valence-corrected chi connectivity index (χ1v) is 11.8. The third-order valence-corrected chi connectivity index (χ3v) is 5.79. The van der Waals surface area contributed by atoms with Gasteiger partial charge in [-0.3, -0.25) is 14.2 Å². The van der Waals surface area contributed by atoms with Crippen LogP contribution >= 0.6 is 11.8 Å². The lowest BCUT2D eigenvalue weighted by Gasteiger charge is -2.12. The van der Waals surface area contributed by atoms with Gasteiger partial charge >= 0.3 is 0 Å². The van der Waals surface area contributed by atoms with Crippen molar-refractivity contribution in [3.8, 4) is 11.4 Å². The van der Waals surface area contributed by atoms with Crippen LogP contribution in [0.4, 0.5) is 11.4 Å². The summed E-state index contributed by atoms with van der Waals surface area (Å²) in [7, 11) is 0. The third-order valence-electron chi connectivity index (χ3n) is 4.82. The van der Waals surface area contributed by atoms with E-state index in [9.17, 15) is 9.59 Å². The van der Waals surface area contributed by atoms with Gasteiger partial charge in [0.25, 0.3) is 5.91 Å². The van der Waals surface area contributed by atoms with E-state index in [1.54, 1.807) is 30.6 Å². The zero-order chi connectivity index (χ0) is 23.8. The van der Waals surface area contributed by atoms with E-state index in [0.717, 1.165) is 11.4 Å². The molecule has 1 aromatic heterocycles. The number of carbonyl (C=O) groups is 2. The quantitative estimate of drug-likeness (QED) is 0.325. The number of nitrogens with one attached hydrogen (secondary N) is 2. The first-order chi connectivity index (χ1) is 16.6. The molecule has 0 saturated carbocycles. The molecule has 0 saturated heterocycles. The van der Waals surface area contributed by atoms with Crippen LogP contribution in [0.5, 0.6) is 5.75 Å². The molecule has 34 heavy (non-hydrogen) atoms. The van der Waals surface area contributed by atoms with Gasteiger partial charge in [-0.15, -0.1) is 0 Å². The minimum Gasteiger partial charge on any atom is -0.492 e. The van der Waals surface area contributed by atoms with Gasteiger partial charge < -0.3 is 15.4 Å². The summed E-state index contributed by atoms with van der Waals surface area (Å²) >= 11 is 1.31. The molecule has 0 unspecified atom stereocenters. The molecular weight excluding hydrogens is 448 g/mol. The number of hydrogen-bond acceptors (Lipinski definition) is 5. The van der Waals surface area contributed by atoms with Crippen LogP contribution in [-0.2, 0) is 4.79 Å². The molecule has 7 nitrogen and oxygen atoms in total. The van der Waals surface area contributed by atoms with Crippen molar-refractivity contribution < 1.29 is 14.3 Å². The second kappa shape index (κ2) is 11.2. The number of aromatic nitrogens is 2. The molecule has 0 aliphatic carbocycles. The topological polar surface area (TPSA) is 85.2 Å². The Kier molecular flexibility index (Phi) is 7.62. The zero-order valence-corrected chi connectivity index (χ0v) is 19.4. The first-order valence-electron chi connectivity index (χ1n) is 10.8. The Bertz CT molecular complexity index is 1270. The number of benzene rings is 3. The lowest BCUT2D eigenvalue weighted by atomic mass is 10.2.